The Hall–Kier alpha value is -5.36. The molecule has 0 unspecified atom stereocenters. The number of rotatable bonds is 5. The molecule has 40 heavy (non-hydrogen) atoms. The van der Waals surface area contributed by atoms with Gasteiger partial charge in [0.05, 0.1) is 39.4 Å². The first-order valence-corrected chi connectivity index (χ1v) is 12.8. The molecular formula is C28H16F2N8OS. The van der Waals surface area contributed by atoms with E-state index in [0.29, 0.717) is 49.8 Å². The smallest absolute Gasteiger partial charge is 0.255 e. The van der Waals surface area contributed by atoms with Gasteiger partial charge in [0, 0.05) is 23.5 Å². The van der Waals surface area contributed by atoms with Gasteiger partial charge in [0.15, 0.2) is 16.8 Å². The average Bonchev–Trinajstić information content (AvgIpc) is 3.72. The topological polar surface area (TPSA) is 125 Å². The lowest BCUT2D eigenvalue weighted by Crippen LogP contribution is -2.11. The highest BCUT2D eigenvalue weighted by Gasteiger charge is 2.22. The van der Waals surface area contributed by atoms with E-state index >= 15 is 4.39 Å². The summed E-state index contributed by atoms with van der Waals surface area (Å²) in [6.45, 7) is 0. The number of hydrogen-bond acceptors (Lipinski definition) is 7. The van der Waals surface area contributed by atoms with E-state index in [4.69, 9.17) is 0 Å². The van der Waals surface area contributed by atoms with E-state index in [1.165, 1.54) is 24.7 Å². The first kappa shape index (κ1) is 23.7. The standard InChI is InChI=1S/C28H16F2N8OS/c29-20-7-6-19(40-20)25-24-17(8-9-32-25)35-27(36-24)26-21-18(37-38-26)13-33-23(22(21)30)15-10-16(12-31-11-15)34-28(39)14-4-2-1-3-5-14/h1-13H,(H,34,39)(H,35,36)(H,37,38). The van der Waals surface area contributed by atoms with Gasteiger partial charge in [-0.1, -0.05) is 18.2 Å². The summed E-state index contributed by atoms with van der Waals surface area (Å²) < 4.78 is 29.7. The average molecular weight is 551 g/mol. The molecule has 0 fully saturated rings. The van der Waals surface area contributed by atoms with Crippen LogP contribution in [0.3, 0.4) is 0 Å². The highest BCUT2D eigenvalue weighted by atomic mass is 32.1. The van der Waals surface area contributed by atoms with Gasteiger partial charge in [-0.3, -0.25) is 24.8 Å². The number of benzene rings is 1. The molecule has 0 aliphatic rings. The normalized spacial score (nSPS) is 11.3. The molecule has 9 nitrogen and oxygen atoms in total. The number of anilines is 1. The Morgan fingerprint density at radius 1 is 0.900 bits per heavy atom. The van der Waals surface area contributed by atoms with E-state index < -0.39 is 5.82 Å². The first-order chi connectivity index (χ1) is 19.5. The van der Waals surface area contributed by atoms with E-state index in [1.54, 1.807) is 48.7 Å². The molecule has 3 N–H and O–H groups in total. The summed E-state index contributed by atoms with van der Waals surface area (Å²) in [5, 5.41) is 9.74. The molecule has 0 bridgehead atoms. The molecular weight excluding hydrogens is 534 g/mol. The van der Waals surface area contributed by atoms with Crippen molar-refractivity contribution >= 4 is 44.9 Å². The number of fused-ring (bicyclic) bond motifs is 2. The molecule has 1 amide bonds. The van der Waals surface area contributed by atoms with E-state index in [9.17, 15) is 9.18 Å². The molecule has 0 saturated carbocycles. The quantitative estimate of drug-likeness (QED) is 0.234. The van der Waals surface area contributed by atoms with Crippen molar-refractivity contribution in [3.8, 4) is 33.3 Å². The zero-order valence-electron chi connectivity index (χ0n) is 20.3. The van der Waals surface area contributed by atoms with E-state index in [0.717, 1.165) is 11.3 Å². The maximum Gasteiger partial charge on any atom is 0.255 e. The Labute approximate surface area is 228 Å². The Balaban J connectivity index is 1.28. The second-order valence-electron chi connectivity index (χ2n) is 8.81. The minimum atomic E-state index is -0.631. The van der Waals surface area contributed by atoms with Crippen molar-refractivity contribution in [2.24, 2.45) is 0 Å². The van der Waals surface area contributed by atoms with Gasteiger partial charge in [0.25, 0.3) is 5.91 Å². The Kier molecular flexibility index (Phi) is 5.60. The molecule has 7 aromatic rings. The number of H-pyrrole nitrogens is 2. The molecule has 0 atom stereocenters. The summed E-state index contributed by atoms with van der Waals surface area (Å²) in [5.74, 6) is -0.635. The number of nitrogens with one attached hydrogen (secondary N) is 3. The van der Waals surface area contributed by atoms with Crippen LogP contribution < -0.4 is 5.32 Å². The number of halogens is 2. The number of thiophene rings is 1. The van der Waals surface area contributed by atoms with Gasteiger partial charge in [-0.05, 0) is 36.4 Å². The third-order valence-electron chi connectivity index (χ3n) is 6.28. The lowest BCUT2D eigenvalue weighted by molar-refractivity contribution is 0.102. The van der Waals surface area contributed by atoms with Crippen LogP contribution in [0.15, 0.2) is 79.4 Å². The number of carbonyl (C=O) groups excluding carboxylic acids is 1. The zero-order valence-corrected chi connectivity index (χ0v) is 21.1. The Morgan fingerprint density at radius 3 is 2.60 bits per heavy atom. The fourth-order valence-electron chi connectivity index (χ4n) is 4.45. The highest BCUT2D eigenvalue weighted by molar-refractivity contribution is 7.13. The number of imidazole rings is 1. The lowest BCUT2D eigenvalue weighted by atomic mass is 10.1. The number of carbonyl (C=O) groups is 1. The Morgan fingerprint density at radius 2 is 1.77 bits per heavy atom. The molecule has 7 rings (SSSR count). The van der Waals surface area contributed by atoms with Gasteiger partial charge in [-0.25, -0.2) is 9.37 Å². The summed E-state index contributed by atoms with van der Waals surface area (Å²) in [6.07, 6.45) is 6.01. The fourth-order valence-corrected chi connectivity index (χ4v) is 5.18. The van der Waals surface area contributed by atoms with Crippen molar-refractivity contribution in [2.75, 3.05) is 5.32 Å². The minimum Gasteiger partial charge on any atom is -0.336 e. The van der Waals surface area contributed by atoms with Crippen molar-refractivity contribution in [1.82, 2.24) is 35.1 Å². The van der Waals surface area contributed by atoms with Gasteiger partial charge in [-0.15, -0.1) is 11.3 Å². The predicted molar refractivity (Wildman–Crippen MR) is 148 cm³/mol. The minimum absolute atomic E-state index is 0.0333. The van der Waals surface area contributed by atoms with Crippen molar-refractivity contribution in [1.29, 1.82) is 0 Å². The van der Waals surface area contributed by atoms with Crippen molar-refractivity contribution in [2.45, 2.75) is 0 Å². The van der Waals surface area contributed by atoms with E-state index in [1.807, 2.05) is 6.07 Å². The third-order valence-corrected chi connectivity index (χ3v) is 7.16. The number of aromatic amines is 2. The molecule has 0 spiro atoms. The molecule has 12 heteroatoms. The van der Waals surface area contributed by atoms with Crippen LogP contribution in [-0.2, 0) is 0 Å². The molecule has 0 radical (unpaired) electrons. The van der Waals surface area contributed by atoms with Gasteiger partial charge >= 0.3 is 0 Å². The molecule has 194 valence electrons. The molecule has 0 aliphatic carbocycles. The highest BCUT2D eigenvalue weighted by Crippen LogP contribution is 2.35. The maximum absolute atomic E-state index is 16.1. The van der Waals surface area contributed by atoms with Crippen LogP contribution in [-0.4, -0.2) is 41.0 Å². The van der Waals surface area contributed by atoms with Gasteiger partial charge in [0.2, 0.25) is 0 Å². The summed E-state index contributed by atoms with van der Waals surface area (Å²) in [4.78, 5) is 33.9. The molecule has 0 aliphatic heterocycles. The second-order valence-corrected chi connectivity index (χ2v) is 9.84. The monoisotopic (exact) mass is 550 g/mol. The zero-order chi connectivity index (χ0) is 27.2. The van der Waals surface area contributed by atoms with Gasteiger partial charge in [-0.2, -0.15) is 9.49 Å². The van der Waals surface area contributed by atoms with Crippen LogP contribution in [0, 0.1) is 10.9 Å². The number of hydrogen-bond donors (Lipinski definition) is 3. The number of aromatic nitrogens is 7. The van der Waals surface area contributed by atoms with Crippen LogP contribution in [0.5, 0.6) is 0 Å². The summed E-state index contributed by atoms with van der Waals surface area (Å²) >= 11 is 0.965. The number of nitrogens with zero attached hydrogens (tertiary/aromatic N) is 5. The van der Waals surface area contributed by atoms with E-state index in [-0.39, 0.29) is 27.8 Å². The van der Waals surface area contributed by atoms with Gasteiger partial charge < -0.3 is 10.3 Å². The second kappa shape index (κ2) is 9.43. The third kappa shape index (κ3) is 4.07. The lowest BCUT2D eigenvalue weighted by Gasteiger charge is -2.08. The molecule has 0 saturated heterocycles. The molecule has 6 heterocycles. The summed E-state index contributed by atoms with van der Waals surface area (Å²) in [7, 11) is 0. The molecule has 1 aromatic carbocycles. The number of pyridine rings is 3. The van der Waals surface area contributed by atoms with Crippen LogP contribution in [0.4, 0.5) is 14.5 Å². The maximum atomic E-state index is 16.1. The molecule has 6 aromatic heterocycles. The fraction of sp³-hybridized carbons (Fsp3) is 0. The first-order valence-electron chi connectivity index (χ1n) is 12.0. The van der Waals surface area contributed by atoms with Crippen molar-refractivity contribution < 1.29 is 13.6 Å². The van der Waals surface area contributed by atoms with Crippen LogP contribution >= 0.6 is 11.3 Å². The number of amides is 1. The largest absolute Gasteiger partial charge is 0.336 e. The van der Waals surface area contributed by atoms with E-state index in [2.05, 4.69) is 40.4 Å². The SMILES string of the molecule is O=C(Nc1cncc(-c2ncc3[nH]nc(-c4nc5c(-c6ccc(F)s6)nccc5[nH]4)c3c2F)c1)c1ccccc1. The summed E-state index contributed by atoms with van der Waals surface area (Å²) in [6, 6.07) is 15.1. The van der Waals surface area contributed by atoms with Crippen LogP contribution in [0.1, 0.15) is 10.4 Å². The van der Waals surface area contributed by atoms with Gasteiger partial charge in [0.1, 0.15) is 22.6 Å². The summed E-state index contributed by atoms with van der Waals surface area (Å²) in [5.41, 5.74) is 3.56. The Bertz CT molecular complexity index is 2050. The van der Waals surface area contributed by atoms with Crippen LogP contribution in [0.2, 0.25) is 0 Å². The van der Waals surface area contributed by atoms with Crippen molar-refractivity contribution in [3.63, 3.8) is 0 Å². The van der Waals surface area contributed by atoms with Crippen molar-refractivity contribution in [3.05, 3.63) is 95.9 Å². The van der Waals surface area contributed by atoms with Crippen LogP contribution in [0.25, 0.3) is 55.3 Å². The predicted octanol–water partition coefficient (Wildman–Crippen LogP) is 6.22.